The lowest BCUT2D eigenvalue weighted by molar-refractivity contribution is 0.174. The molecule has 0 unspecified atom stereocenters. The molecule has 1 aliphatic rings. The molecule has 19 heavy (non-hydrogen) atoms. The molecule has 0 spiro atoms. The minimum Gasteiger partial charge on any atom is -0.490 e. The van der Waals surface area contributed by atoms with Crippen LogP contribution in [0.4, 0.5) is 17.3 Å². The van der Waals surface area contributed by atoms with Crippen LogP contribution in [0.1, 0.15) is 0 Å². The summed E-state index contributed by atoms with van der Waals surface area (Å²) in [5.41, 5.74) is 6.51. The van der Waals surface area contributed by atoms with Crippen molar-refractivity contribution in [1.82, 2.24) is 9.97 Å². The molecule has 0 saturated carbocycles. The number of benzene rings is 1. The highest BCUT2D eigenvalue weighted by molar-refractivity contribution is 5.69. The normalized spacial score (nSPS) is 12.3. The van der Waals surface area contributed by atoms with Gasteiger partial charge in [0.1, 0.15) is 6.33 Å². The summed E-state index contributed by atoms with van der Waals surface area (Å²) in [5.74, 6) is 2.58. The number of hydrogen-bond acceptors (Lipinski definition) is 7. The number of nitrogens with two attached hydrogens (primary N) is 1. The van der Waals surface area contributed by atoms with Gasteiger partial charge in [-0.2, -0.15) is 0 Å². The summed E-state index contributed by atoms with van der Waals surface area (Å²) in [7, 11) is 1.51. The van der Waals surface area contributed by atoms with Crippen molar-refractivity contribution in [2.24, 2.45) is 0 Å². The van der Waals surface area contributed by atoms with Crippen LogP contribution in [0, 0.1) is 0 Å². The Morgan fingerprint density at radius 2 is 2.11 bits per heavy atom. The van der Waals surface area contributed by atoms with E-state index >= 15 is 0 Å². The number of nitrogens with zero attached hydrogens (tertiary/aromatic N) is 2. The highest BCUT2D eigenvalue weighted by Crippen LogP contribution is 2.36. The van der Waals surface area contributed by atoms with Crippen LogP contribution in [-0.2, 0) is 0 Å². The molecule has 2 heterocycles. The van der Waals surface area contributed by atoms with Gasteiger partial charge in [-0.1, -0.05) is 0 Å². The number of nitrogen functional groups attached to an aromatic ring is 1. The van der Waals surface area contributed by atoms with E-state index in [4.69, 9.17) is 19.9 Å². The van der Waals surface area contributed by atoms with Gasteiger partial charge < -0.3 is 25.3 Å². The Morgan fingerprint density at radius 1 is 1.26 bits per heavy atom. The van der Waals surface area contributed by atoms with Crippen molar-refractivity contribution < 1.29 is 14.2 Å². The molecule has 7 nitrogen and oxygen atoms in total. The van der Waals surface area contributed by atoms with Crippen molar-refractivity contribution in [3.8, 4) is 17.2 Å². The van der Waals surface area contributed by atoms with Gasteiger partial charge in [-0.3, -0.25) is 0 Å². The molecule has 0 saturated heterocycles. The molecule has 3 rings (SSSR count). The van der Waals surface area contributed by atoms with Gasteiger partial charge in [0.05, 0.1) is 7.11 Å². The summed E-state index contributed by atoms with van der Waals surface area (Å²) < 4.78 is 15.7. The number of ether oxygens (including phenoxy) is 3. The number of methoxy groups -OCH3 is 1. The molecule has 0 aliphatic carbocycles. The second-order valence-electron chi connectivity index (χ2n) is 3.83. The van der Waals surface area contributed by atoms with E-state index in [-0.39, 0.29) is 12.6 Å². The van der Waals surface area contributed by atoms with E-state index in [9.17, 15) is 0 Å². The molecular formula is C12H12N4O3. The largest absolute Gasteiger partial charge is 0.490 e. The molecular weight excluding hydrogens is 248 g/mol. The third-order valence-electron chi connectivity index (χ3n) is 2.67. The Morgan fingerprint density at radius 3 is 2.95 bits per heavy atom. The molecule has 1 aromatic carbocycles. The Labute approximate surface area is 109 Å². The lowest BCUT2D eigenvalue weighted by atomic mass is 10.2. The lowest BCUT2D eigenvalue weighted by Gasteiger charge is -2.11. The highest BCUT2D eigenvalue weighted by atomic mass is 16.7. The lowest BCUT2D eigenvalue weighted by Crippen LogP contribution is -2.02. The van der Waals surface area contributed by atoms with Crippen molar-refractivity contribution in [1.29, 1.82) is 0 Å². The zero-order valence-electron chi connectivity index (χ0n) is 10.2. The minimum absolute atomic E-state index is 0.239. The minimum atomic E-state index is 0.239. The zero-order chi connectivity index (χ0) is 13.2. The molecule has 0 radical (unpaired) electrons. The first-order valence-corrected chi connectivity index (χ1v) is 5.59. The molecule has 0 bridgehead atoms. The first-order valence-electron chi connectivity index (χ1n) is 5.59. The van der Waals surface area contributed by atoms with Gasteiger partial charge in [-0.15, -0.1) is 0 Å². The number of fused-ring (bicyclic) bond motifs is 1. The van der Waals surface area contributed by atoms with E-state index in [2.05, 4.69) is 15.3 Å². The molecule has 7 heteroatoms. The molecule has 1 aliphatic heterocycles. The van der Waals surface area contributed by atoms with Crippen molar-refractivity contribution in [3.63, 3.8) is 0 Å². The van der Waals surface area contributed by atoms with Crippen LogP contribution in [0.2, 0.25) is 0 Å². The van der Waals surface area contributed by atoms with Crippen molar-refractivity contribution in [3.05, 3.63) is 24.5 Å². The van der Waals surface area contributed by atoms with E-state index < -0.39 is 0 Å². The van der Waals surface area contributed by atoms with Crippen molar-refractivity contribution >= 4 is 17.3 Å². The average molecular weight is 260 g/mol. The second kappa shape index (κ2) is 4.52. The molecule has 0 amide bonds. The van der Waals surface area contributed by atoms with E-state index in [0.717, 1.165) is 11.4 Å². The summed E-state index contributed by atoms with van der Waals surface area (Å²) >= 11 is 0. The summed E-state index contributed by atoms with van der Waals surface area (Å²) in [6.07, 6.45) is 1.37. The van der Waals surface area contributed by atoms with Crippen LogP contribution in [-0.4, -0.2) is 23.9 Å². The fourth-order valence-electron chi connectivity index (χ4n) is 1.79. The average Bonchev–Trinajstić information content (AvgIpc) is 2.86. The van der Waals surface area contributed by atoms with Crippen LogP contribution < -0.4 is 25.3 Å². The topological polar surface area (TPSA) is 91.5 Å². The molecule has 2 aromatic rings. The number of rotatable bonds is 3. The van der Waals surface area contributed by atoms with Gasteiger partial charge in [-0.05, 0) is 12.1 Å². The highest BCUT2D eigenvalue weighted by Gasteiger charge is 2.15. The second-order valence-corrected chi connectivity index (χ2v) is 3.83. The smallest absolute Gasteiger partial charge is 0.231 e. The maximum atomic E-state index is 5.71. The maximum Gasteiger partial charge on any atom is 0.231 e. The number of anilines is 3. The fraction of sp³-hybridized carbons (Fsp3) is 0.167. The van der Waals surface area contributed by atoms with E-state index in [1.165, 1.54) is 13.4 Å². The molecule has 0 atom stereocenters. The van der Waals surface area contributed by atoms with Crippen LogP contribution in [0.25, 0.3) is 0 Å². The number of aromatic nitrogens is 2. The predicted molar refractivity (Wildman–Crippen MR) is 68.8 cm³/mol. The van der Waals surface area contributed by atoms with E-state index in [0.29, 0.717) is 17.3 Å². The number of hydrogen-bond donors (Lipinski definition) is 2. The van der Waals surface area contributed by atoms with E-state index in [1.54, 1.807) is 0 Å². The summed E-state index contributed by atoms with van der Waals surface area (Å²) in [4.78, 5) is 7.97. The van der Waals surface area contributed by atoms with Crippen LogP contribution in [0.3, 0.4) is 0 Å². The van der Waals surface area contributed by atoms with Crippen LogP contribution in [0.5, 0.6) is 17.2 Å². The van der Waals surface area contributed by atoms with Gasteiger partial charge >= 0.3 is 0 Å². The molecule has 98 valence electrons. The Balaban J connectivity index is 1.91. The summed E-state index contributed by atoms with van der Waals surface area (Å²) in [6.45, 7) is 0.239. The number of nitrogens with one attached hydrogen (secondary N) is 1. The first-order chi connectivity index (χ1) is 9.28. The van der Waals surface area contributed by atoms with Crippen LogP contribution >= 0.6 is 0 Å². The van der Waals surface area contributed by atoms with Gasteiger partial charge in [0.15, 0.2) is 23.1 Å². The van der Waals surface area contributed by atoms with Gasteiger partial charge in [0.2, 0.25) is 12.5 Å². The fourth-order valence-corrected chi connectivity index (χ4v) is 1.79. The molecule has 3 N–H and O–H groups in total. The monoisotopic (exact) mass is 260 g/mol. The molecule has 0 fully saturated rings. The van der Waals surface area contributed by atoms with E-state index in [1.807, 2.05) is 18.2 Å². The quantitative estimate of drug-likeness (QED) is 0.864. The zero-order valence-corrected chi connectivity index (χ0v) is 10.2. The SMILES string of the molecule is COc1c(N)ncnc1Nc1ccc2c(c1)OCO2. The third kappa shape index (κ3) is 2.05. The van der Waals surface area contributed by atoms with Crippen molar-refractivity contribution in [2.45, 2.75) is 0 Å². The Bertz CT molecular complexity index is 618. The summed E-state index contributed by atoms with van der Waals surface area (Å²) in [5, 5.41) is 3.10. The Hall–Kier alpha value is -2.70. The van der Waals surface area contributed by atoms with Crippen molar-refractivity contribution in [2.75, 3.05) is 25.0 Å². The van der Waals surface area contributed by atoms with Gasteiger partial charge in [0.25, 0.3) is 0 Å². The first kappa shape index (κ1) is 11.4. The van der Waals surface area contributed by atoms with Crippen LogP contribution in [0.15, 0.2) is 24.5 Å². The molecule has 1 aromatic heterocycles. The standard InChI is InChI=1S/C12H12N4O3/c1-17-10-11(13)14-5-15-12(10)16-7-2-3-8-9(4-7)19-6-18-8/h2-5H,6H2,1H3,(H3,13,14,15,16). The van der Waals surface area contributed by atoms with Gasteiger partial charge in [-0.25, -0.2) is 9.97 Å². The predicted octanol–water partition coefficient (Wildman–Crippen LogP) is 1.54. The summed E-state index contributed by atoms with van der Waals surface area (Å²) in [6, 6.07) is 5.49. The van der Waals surface area contributed by atoms with Gasteiger partial charge in [0, 0.05) is 11.8 Å². The maximum absolute atomic E-state index is 5.71. The Kier molecular flexibility index (Phi) is 2.71. The third-order valence-corrected chi connectivity index (χ3v) is 2.67.